The van der Waals surface area contributed by atoms with Gasteiger partial charge in [-0.05, 0) is 36.4 Å². The molecular formula is C19H12Cl2N2O5. The van der Waals surface area contributed by atoms with E-state index in [0.717, 1.165) is 17.1 Å². The van der Waals surface area contributed by atoms with E-state index < -0.39 is 30.3 Å². The van der Waals surface area contributed by atoms with Crippen molar-refractivity contribution in [2.45, 2.75) is 0 Å². The lowest BCUT2D eigenvalue weighted by Crippen LogP contribution is -2.29. The summed E-state index contributed by atoms with van der Waals surface area (Å²) >= 11 is 11.7. The van der Waals surface area contributed by atoms with Gasteiger partial charge in [0.25, 0.3) is 17.7 Å². The highest BCUT2D eigenvalue weighted by molar-refractivity contribution is 6.42. The molecule has 9 heteroatoms. The lowest BCUT2D eigenvalue weighted by Gasteiger charge is -2.14. The van der Waals surface area contributed by atoms with Gasteiger partial charge >= 0.3 is 5.97 Å². The summed E-state index contributed by atoms with van der Waals surface area (Å²) in [4.78, 5) is 48.5. The van der Waals surface area contributed by atoms with Crippen LogP contribution in [0.25, 0.3) is 0 Å². The second-order valence-corrected chi connectivity index (χ2v) is 6.46. The molecule has 2 aromatic carbocycles. The summed E-state index contributed by atoms with van der Waals surface area (Å²) < 4.78 is 4.97. The van der Waals surface area contributed by atoms with Crippen LogP contribution >= 0.6 is 23.2 Å². The number of carbonyl (C=O) groups is 4. The van der Waals surface area contributed by atoms with Gasteiger partial charge in [-0.3, -0.25) is 14.4 Å². The molecular weight excluding hydrogens is 407 g/mol. The molecule has 0 unspecified atom stereocenters. The minimum atomic E-state index is -0.779. The van der Waals surface area contributed by atoms with Gasteiger partial charge in [0.1, 0.15) is 0 Å². The van der Waals surface area contributed by atoms with Gasteiger partial charge in [0.15, 0.2) is 6.61 Å². The molecule has 0 aliphatic carbocycles. The van der Waals surface area contributed by atoms with Gasteiger partial charge in [-0.1, -0.05) is 29.3 Å². The Morgan fingerprint density at radius 2 is 1.68 bits per heavy atom. The SMILES string of the molecule is O=C(COC(=O)c1cccc(N2C(=O)C=CC2=O)c1)Nc1ccc(Cl)c(Cl)c1. The molecule has 2 aromatic rings. The van der Waals surface area contributed by atoms with E-state index in [0.29, 0.717) is 10.7 Å². The average molecular weight is 419 g/mol. The number of rotatable bonds is 5. The first-order valence-corrected chi connectivity index (χ1v) is 8.69. The topological polar surface area (TPSA) is 92.8 Å². The maximum absolute atomic E-state index is 12.2. The van der Waals surface area contributed by atoms with Gasteiger partial charge in [0.2, 0.25) is 0 Å². The number of carbonyl (C=O) groups excluding carboxylic acids is 4. The zero-order valence-electron chi connectivity index (χ0n) is 14.1. The Kier molecular flexibility index (Phi) is 5.77. The number of ether oxygens (including phenoxy) is 1. The Labute approximate surface area is 169 Å². The fourth-order valence-electron chi connectivity index (χ4n) is 2.41. The smallest absolute Gasteiger partial charge is 0.338 e. The number of imide groups is 1. The number of nitrogens with one attached hydrogen (secondary N) is 1. The predicted octanol–water partition coefficient (Wildman–Crippen LogP) is 3.22. The molecule has 28 heavy (non-hydrogen) atoms. The number of hydrogen-bond acceptors (Lipinski definition) is 5. The number of nitrogens with zero attached hydrogens (tertiary/aromatic N) is 1. The highest BCUT2D eigenvalue weighted by Gasteiger charge is 2.25. The minimum Gasteiger partial charge on any atom is -0.452 e. The molecule has 0 spiro atoms. The van der Waals surface area contributed by atoms with Crippen molar-refractivity contribution in [3.05, 3.63) is 70.2 Å². The third kappa shape index (κ3) is 4.39. The Bertz CT molecular complexity index is 1000. The lowest BCUT2D eigenvalue weighted by molar-refractivity contribution is -0.120. The van der Waals surface area contributed by atoms with Crippen molar-refractivity contribution >= 4 is 58.3 Å². The maximum atomic E-state index is 12.2. The third-order valence-corrected chi connectivity index (χ3v) is 4.43. The number of hydrogen-bond donors (Lipinski definition) is 1. The first-order valence-electron chi connectivity index (χ1n) is 7.93. The summed E-state index contributed by atoms with van der Waals surface area (Å²) in [5, 5.41) is 3.14. The summed E-state index contributed by atoms with van der Waals surface area (Å²) in [6.45, 7) is -0.535. The molecule has 0 saturated heterocycles. The number of benzene rings is 2. The molecule has 0 radical (unpaired) electrons. The third-order valence-electron chi connectivity index (χ3n) is 3.69. The van der Waals surface area contributed by atoms with Crippen LogP contribution in [0.1, 0.15) is 10.4 Å². The van der Waals surface area contributed by atoms with E-state index in [1.165, 1.54) is 36.4 Å². The second kappa shape index (κ2) is 8.24. The highest BCUT2D eigenvalue weighted by atomic mass is 35.5. The summed E-state index contributed by atoms with van der Waals surface area (Å²) in [5.74, 6) is -2.36. The van der Waals surface area contributed by atoms with Crippen LogP contribution in [0.3, 0.4) is 0 Å². The number of amides is 3. The molecule has 0 saturated carbocycles. The van der Waals surface area contributed by atoms with Crippen LogP contribution in [0.5, 0.6) is 0 Å². The predicted molar refractivity (Wildman–Crippen MR) is 103 cm³/mol. The Morgan fingerprint density at radius 3 is 2.36 bits per heavy atom. The van der Waals surface area contributed by atoms with E-state index in [-0.39, 0.29) is 16.3 Å². The molecule has 7 nitrogen and oxygen atoms in total. The summed E-state index contributed by atoms with van der Waals surface area (Å²) in [5.41, 5.74) is 0.720. The maximum Gasteiger partial charge on any atom is 0.338 e. The van der Waals surface area contributed by atoms with Crippen molar-refractivity contribution in [2.24, 2.45) is 0 Å². The van der Waals surface area contributed by atoms with Crippen molar-refractivity contribution in [1.82, 2.24) is 0 Å². The van der Waals surface area contributed by atoms with E-state index in [1.54, 1.807) is 6.07 Å². The zero-order chi connectivity index (χ0) is 20.3. The van der Waals surface area contributed by atoms with Crippen LogP contribution < -0.4 is 10.2 Å². The monoisotopic (exact) mass is 418 g/mol. The first kappa shape index (κ1) is 19.6. The zero-order valence-corrected chi connectivity index (χ0v) is 15.7. The number of esters is 1. The van der Waals surface area contributed by atoms with Crippen LogP contribution in [-0.2, 0) is 19.1 Å². The Hall–Kier alpha value is -3.16. The molecule has 0 atom stereocenters. The molecule has 1 aliphatic heterocycles. The fourth-order valence-corrected chi connectivity index (χ4v) is 2.71. The first-order chi connectivity index (χ1) is 13.3. The molecule has 142 valence electrons. The molecule has 3 amide bonds. The Balaban J connectivity index is 1.61. The van der Waals surface area contributed by atoms with Crippen molar-refractivity contribution < 1.29 is 23.9 Å². The van der Waals surface area contributed by atoms with E-state index in [4.69, 9.17) is 27.9 Å². The summed E-state index contributed by atoms with van der Waals surface area (Å²) in [7, 11) is 0. The van der Waals surface area contributed by atoms with E-state index in [1.807, 2.05) is 0 Å². The fraction of sp³-hybridized carbons (Fsp3) is 0.0526. The largest absolute Gasteiger partial charge is 0.452 e. The summed E-state index contributed by atoms with van der Waals surface area (Å²) in [6.07, 6.45) is 2.28. The van der Waals surface area contributed by atoms with Gasteiger partial charge < -0.3 is 10.1 Å². The van der Waals surface area contributed by atoms with Gasteiger partial charge in [-0.25, -0.2) is 9.69 Å². The lowest BCUT2D eigenvalue weighted by atomic mass is 10.2. The summed E-state index contributed by atoms with van der Waals surface area (Å²) in [6, 6.07) is 10.3. The van der Waals surface area contributed by atoms with Crippen molar-refractivity contribution in [2.75, 3.05) is 16.8 Å². The average Bonchev–Trinajstić information content (AvgIpc) is 3.01. The minimum absolute atomic E-state index is 0.0901. The van der Waals surface area contributed by atoms with Crippen LogP contribution in [-0.4, -0.2) is 30.3 Å². The molecule has 1 heterocycles. The molecule has 3 rings (SSSR count). The van der Waals surface area contributed by atoms with Crippen molar-refractivity contribution in [3.63, 3.8) is 0 Å². The van der Waals surface area contributed by atoms with Gasteiger partial charge in [-0.2, -0.15) is 0 Å². The molecule has 0 fully saturated rings. The highest BCUT2D eigenvalue weighted by Crippen LogP contribution is 2.25. The van der Waals surface area contributed by atoms with Crippen molar-refractivity contribution in [3.8, 4) is 0 Å². The molecule has 0 bridgehead atoms. The van der Waals surface area contributed by atoms with Crippen LogP contribution in [0.4, 0.5) is 11.4 Å². The van der Waals surface area contributed by atoms with Crippen LogP contribution in [0.15, 0.2) is 54.6 Å². The molecule has 0 aromatic heterocycles. The van der Waals surface area contributed by atoms with Crippen molar-refractivity contribution in [1.29, 1.82) is 0 Å². The van der Waals surface area contributed by atoms with Gasteiger partial charge in [0, 0.05) is 17.8 Å². The number of halogens is 2. The van der Waals surface area contributed by atoms with Gasteiger partial charge in [-0.15, -0.1) is 0 Å². The molecule has 1 N–H and O–H groups in total. The quantitative estimate of drug-likeness (QED) is 0.594. The molecule has 1 aliphatic rings. The second-order valence-electron chi connectivity index (χ2n) is 5.65. The van der Waals surface area contributed by atoms with Crippen LogP contribution in [0.2, 0.25) is 10.0 Å². The van der Waals surface area contributed by atoms with Gasteiger partial charge in [0.05, 0.1) is 21.3 Å². The standard InChI is InChI=1S/C19H12Cl2N2O5/c20-14-5-4-12(9-15(14)21)22-16(24)10-28-19(27)11-2-1-3-13(8-11)23-17(25)6-7-18(23)26/h1-9H,10H2,(H,22,24). The number of anilines is 2. The van der Waals surface area contributed by atoms with E-state index in [2.05, 4.69) is 5.32 Å². The van der Waals surface area contributed by atoms with E-state index >= 15 is 0 Å². The van der Waals surface area contributed by atoms with E-state index in [9.17, 15) is 19.2 Å². The Morgan fingerprint density at radius 1 is 0.964 bits per heavy atom. The normalized spacial score (nSPS) is 13.0. The van der Waals surface area contributed by atoms with Crippen LogP contribution in [0, 0.1) is 0 Å².